The number of nitriles is 1. The van der Waals surface area contributed by atoms with Crippen LogP contribution in [0.1, 0.15) is 16.7 Å². The van der Waals surface area contributed by atoms with Crippen LogP contribution in [0.5, 0.6) is 0 Å². The van der Waals surface area contributed by atoms with E-state index in [1.807, 2.05) is 20.0 Å². The lowest BCUT2D eigenvalue weighted by Gasteiger charge is -2.12. The molecule has 0 atom stereocenters. The van der Waals surface area contributed by atoms with Gasteiger partial charge < -0.3 is 9.84 Å². The average Bonchev–Trinajstić information content (AvgIpc) is 3.29. The first-order valence-electron chi connectivity index (χ1n) is 8.38. The normalized spacial score (nSPS) is 11.0. The number of rotatable bonds is 4. The Balaban J connectivity index is 1.96. The van der Waals surface area contributed by atoms with Gasteiger partial charge in [0.15, 0.2) is 0 Å². The van der Waals surface area contributed by atoms with E-state index in [-0.39, 0.29) is 5.82 Å². The molecule has 0 spiro atoms. The molecule has 2 aromatic carbocycles. The summed E-state index contributed by atoms with van der Waals surface area (Å²) in [4.78, 5) is 0. The molecule has 0 aliphatic heterocycles. The summed E-state index contributed by atoms with van der Waals surface area (Å²) in [5, 5.41) is 24.3. The van der Waals surface area contributed by atoms with E-state index in [1.54, 1.807) is 18.3 Å². The number of nitrogens with one attached hydrogen (secondary N) is 2. The summed E-state index contributed by atoms with van der Waals surface area (Å²) in [7, 11) is 1.81. The highest BCUT2D eigenvalue weighted by Crippen LogP contribution is 2.36. The van der Waals surface area contributed by atoms with Gasteiger partial charge in [0.1, 0.15) is 17.8 Å². The molecule has 2 N–H and O–H groups in total. The van der Waals surface area contributed by atoms with Crippen LogP contribution in [-0.2, 0) is 6.54 Å². The number of fused-ring (bicyclic) bond motifs is 1. The van der Waals surface area contributed by atoms with E-state index in [9.17, 15) is 9.65 Å². The predicted molar refractivity (Wildman–Crippen MR) is 99.2 cm³/mol. The largest absolute Gasteiger partial charge is 0.364 e. The molecule has 0 unspecified atom stereocenters. The van der Waals surface area contributed by atoms with Crippen LogP contribution < -0.4 is 5.32 Å². The second-order valence-corrected chi connectivity index (χ2v) is 6.34. The van der Waals surface area contributed by atoms with Crippen molar-refractivity contribution in [3.05, 3.63) is 59.2 Å². The highest BCUT2D eigenvalue weighted by atomic mass is 19.1. The van der Waals surface area contributed by atoms with E-state index in [4.69, 9.17) is 4.52 Å². The Labute approximate surface area is 154 Å². The molecule has 0 fully saturated rings. The Bertz CT molecular complexity index is 1150. The molecule has 7 heteroatoms. The summed E-state index contributed by atoms with van der Waals surface area (Å²) >= 11 is 0. The molecular formula is C20H16FN5O. The van der Waals surface area contributed by atoms with Crippen LogP contribution >= 0.6 is 0 Å². The fourth-order valence-electron chi connectivity index (χ4n) is 3.37. The van der Waals surface area contributed by atoms with Crippen LogP contribution in [0, 0.1) is 24.1 Å². The van der Waals surface area contributed by atoms with Gasteiger partial charge in [0.25, 0.3) is 0 Å². The number of hydrogen-bond acceptors (Lipinski definition) is 5. The van der Waals surface area contributed by atoms with Gasteiger partial charge in [-0.2, -0.15) is 10.4 Å². The topological polar surface area (TPSA) is 90.5 Å². The zero-order valence-electron chi connectivity index (χ0n) is 14.8. The van der Waals surface area contributed by atoms with E-state index in [1.165, 1.54) is 12.3 Å². The molecule has 0 bridgehead atoms. The van der Waals surface area contributed by atoms with Crippen LogP contribution in [0.25, 0.3) is 33.3 Å². The minimum absolute atomic E-state index is 0.355. The zero-order chi connectivity index (χ0) is 19.0. The summed E-state index contributed by atoms with van der Waals surface area (Å²) in [6, 6.07) is 9.08. The molecule has 134 valence electrons. The fraction of sp³-hybridized carbons (Fsp3) is 0.150. The SMILES string of the molecule is CNCc1cc(C)c(-c2cc3c(-c4cnoc4)n[nH]c3cc2C#N)c(F)c1. The van der Waals surface area contributed by atoms with Crippen molar-refractivity contribution in [1.82, 2.24) is 20.7 Å². The van der Waals surface area contributed by atoms with Crippen LogP contribution in [-0.4, -0.2) is 22.4 Å². The van der Waals surface area contributed by atoms with Crippen molar-refractivity contribution in [2.24, 2.45) is 0 Å². The van der Waals surface area contributed by atoms with Gasteiger partial charge >= 0.3 is 0 Å². The number of aryl methyl sites for hydroxylation is 1. The predicted octanol–water partition coefficient (Wildman–Crippen LogP) is 3.92. The Morgan fingerprint density at radius 2 is 2.15 bits per heavy atom. The minimum atomic E-state index is -0.355. The maximum Gasteiger partial charge on any atom is 0.133 e. The molecule has 4 rings (SSSR count). The van der Waals surface area contributed by atoms with Gasteiger partial charge in [-0.1, -0.05) is 11.2 Å². The number of aromatic nitrogens is 3. The average molecular weight is 361 g/mol. The molecule has 0 radical (unpaired) electrons. The first kappa shape index (κ1) is 16.9. The number of nitrogens with zero attached hydrogens (tertiary/aromatic N) is 3. The first-order valence-corrected chi connectivity index (χ1v) is 8.38. The third kappa shape index (κ3) is 2.86. The standard InChI is InChI=1S/C20H16FN5O/c1-11-3-12(8-23-2)4-17(21)19(11)15-6-16-18(5-13(15)7-22)25-26-20(16)14-9-24-27-10-14/h3-6,9-10,23H,8H2,1-2H3,(H,25,26). The van der Waals surface area contributed by atoms with Crippen molar-refractivity contribution >= 4 is 10.9 Å². The van der Waals surface area contributed by atoms with E-state index in [0.717, 1.165) is 16.5 Å². The molecule has 6 nitrogen and oxygen atoms in total. The molecular weight excluding hydrogens is 345 g/mol. The number of H-pyrrole nitrogens is 1. The van der Waals surface area contributed by atoms with Crippen molar-refractivity contribution in [1.29, 1.82) is 5.26 Å². The number of hydrogen-bond donors (Lipinski definition) is 2. The van der Waals surface area contributed by atoms with Gasteiger partial charge in [-0.3, -0.25) is 5.10 Å². The summed E-state index contributed by atoms with van der Waals surface area (Å²) < 4.78 is 19.8. The van der Waals surface area contributed by atoms with Crippen molar-refractivity contribution < 1.29 is 8.91 Å². The van der Waals surface area contributed by atoms with Gasteiger partial charge in [0.05, 0.1) is 28.9 Å². The first-order chi connectivity index (χ1) is 13.1. The fourth-order valence-corrected chi connectivity index (χ4v) is 3.37. The maximum atomic E-state index is 15.0. The van der Waals surface area contributed by atoms with Gasteiger partial charge in [-0.15, -0.1) is 0 Å². The Kier molecular flexibility index (Phi) is 4.18. The van der Waals surface area contributed by atoms with Crippen LogP contribution in [0.4, 0.5) is 4.39 Å². The Morgan fingerprint density at radius 3 is 2.81 bits per heavy atom. The number of benzene rings is 2. The summed E-state index contributed by atoms with van der Waals surface area (Å²) in [6.07, 6.45) is 3.05. The molecule has 2 aromatic heterocycles. The lowest BCUT2D eigenvalue weighted by atomic mass is 9.92. The molecule has 0 aliphatic rings. The van der Waals surface area contributed by atoms with E-state index >= 15 is 0 Å². The third-order valence-corrected chi connectivity index (χ3v) is 4.52. The molecule has 4 aromatic rings. The molecule has 0 aliphatic carbocycles. The third-order valence-electron chi connectivity index (χ3n) is 4.52. The van der Waals surface area contributed by atoms with E-state index in [0.29, 0.717) is 40.0 Å². The smallest absolute Gasteiger partial charge is 0.133 e. The Morgan fingerprint density at radius 1 is 1.30 bits per heavy atom. The van der Waals surface area contributed by atoms with Crippen molar-refractivity contribution in [2.75, 3.05) is 7.05 Å². The van der Waals surface area contributed by atoms with E-state index < -0.39 is 0 Å². The maximum absolute atomic E-state index is 15.0. The van der Waals surface area contributed by atoms with Crippen molar-refractivity contribution in [3.63, 3.8) is 0 Å². The van der Waals surface area contributed by atoms with E-state index in [2.05, 4.69) is 26.7 Å². The minimum Gasteiger partial charge on any atom is -0.364 e. The van der Waals surface area contributed by atoms with Crippen LogP contribution in [0.3, 0.4) is 0 Å². The lowest BCUT2D eigenvalue weighted by molar-refractivity contribution is 0.420. The highest BCUT2D eigenvalue weighted by Gasteiger charge is 2.18. The summed E-state index contributed by atoms with van der Waals surface area (Å²) in [5.74, 6) is -0.355. The van der Waals surface area contributed by atoms with Crippen LogP contribution in [0.2, 0.25) is 0 Å². The van der Waals surface area contributed by atoms with Gasteiger partial charge in [-0.05, 0) is 43.3 Å². The van der Waals surface area contributed by atoms with Crippen molar-refractivity contribution in [2.45, 2.75) is 13.5 Å². The van der Waals surface area contributed by atoms with Gasteiger partial charge in [0, 0.05) is 23.1 Å². The monoisotopic (exact) mass is 361 g/mol. The summed E-state index contributed by atoms with van der Waals surface area (Å²) in [6.45, 7) is 2.42. The second-order valence-electron chi connectivity index (χ2n) is 6.34. The Hall–Kier alpha value is -3.50. The number of aromatic amines is 1. The zero-order valence-corrected chi connectivity index (χ0v) is 14.8. The molecule has 2 heterocycles. The highest BCUT2D eigenvalue weighted by molar-refractivity contribution is 5.97. The quantitative estimate of drug-likeness (QED) is 0.575. The van der Waals surface area contributed by atoms with Crippen molar-refractivity contribution in [3.8, 4) is 28.5 Å². The molecule has 0 saturated carbocycles. The molecule has 27 heavy (non-hydrogen) atoms. The van der Waals surface area contributed by atoms with Gasteiger partial charge in [0.2, 0.25) is 0 Å². The van der Waals surface area contributed by atoms with Crippen LogP contribution in [0.15, 0.2) is 41.2 Å². The molecule has 0 amide bonds. The number of halogens is 1. The summed E-state index contributed by atoms with van der Waals surface area (Å²) in [5.41, 5.74) is 5.00. The second kappa shape index (κ2) is 6.67. The molecule has 0 saturated heterocycles. The lowest BCUT2D eigenvalue weighted by Crippen LogP contribution is -2.06. The van der Waals surface area contributed by atoms with Gasteiger partial charge in [-0.25, -0.2) is 4.39 Å².